The summed E-state index contributed by atoms with van der Waals surface area (Å²) < 4.78 is 42.4. The summed E-state index contributed by atoms with van der Waals surface area (Å²) in [6.45, 7) is 0.185. The van der Waals surface area contributed by atoms with Gasteiger partial charge in [0.05, 0.1) is 5.56 Å². The molecule has 26 heavy (non-hydrogen) atoms. The van der Waals surface area contributed by atoms with E-state index in [4.69, 9.17) is 14.0 Å². The normalized spacial score (nSPS) is 12.7. The highest BCUT2D eigenvalue weighted by Crippen LogP contribution is 2.23. The molecule has 0 radical (unpaired) electrons. The molecule has 1 N–H and O–H groups in total. The number of ether oxygens (including phenoxy) is 2. The highest BCUT2D eigenvalue weighted by molar-refractivity contribution is 14.1. The highest BCUT2D eigenvalue weighted by Gasteiger charge is 2.15. The van der Waals surface area contributed by atoms with Crippen LogP contribution in [-0.2, 0) is 21.3 Å². The van der Waals surface area contributed by atoms with Crippen LogP contribution in [0.5, 0.6) is 5.75 Å². The number of benzene rings is 2. The molecule has 3 rings (SSSR count). The summed E-state index contributed by atoms with van der Waals surface area (Å²) in [4.78, 5) is 11.9. The van der Waals surface area contributed by atoms with Crippen molar-refractivity contribution in [3.8, 4) is 5.75 Å². The van der Waals surface area contributed by atoms with Gasteiger partial charge in [0.15, 0.2) is 0 Å². The largest absolute Gasteiger partial charge is 0.490 e. The zero-order valence-electron chi connectivity index (χ0n) is 13.5. The SMILES string of the molecule is O=C(OCCOc1ccc(S(=O)(=O)O)c(I)c1)c1ccc2c(c1)CC=C2. The second-order valence-corrected chi connectivity index (χ2v) is 8.12. The molecular weight excluding hydrogens is 471 g/mol. The Morgan fingerprint density at radius 3 is 2.69 bits per heavy atom. The van der Waals surface area contributed by atoms with Crippen molar-refractivity contribution in [2.24, 2.45) is 0 Å². The summed E-state index contributed by atoms with van der Waals surface area (Å²) in [6, 6.07) is 9.63. The van der Waals surface area contributed by atoms with E-state index < -0.39 is 16.1 Å². The monoisotopic (exact) mass is 486 g/mol. The van der Waals surface area contributed by atoms with E-state index in [2.05, 4.69) is 0 Å². The number of allylic oxidation sites excluding steroid dienone is 1. The number of rotatable bonds is 6. The van der Waals surface area contributed by atoms with Gasteiger partial charge in [-0.2, -0.15) is 8.42 Å². The van der Waals surface area contributed by atoms with Crippen molar-refractivity contribution in [3.63, 3.8) is 0 Å². The Morgan fingerprint density at radius 1 is 1.15 bits per heavy atom. The van der Waals surface area contributed by atoms with Gasteiger partial charge in [-0.1, -0.05) is 18.2 Å². The molecule has 1 aliphatic carbocycles. The smallest absolute Gasteiger partial charge is 0.338 e. The van der Waals surface area contributed by atoms with Crippen LogP contribution >= 0.6 is 22.6 Å². The third-order valence-corrected chi connectivity index (χ3v) is 5.95. The molecule has 8 heteroatoms. The maximum Gasteiger partial charge on any atom is 0.338 e. The fourth-order valence-electron chi connectivity index (χ4n) is 2.54. The maximum atomic E-state index is 12.1. The number of carbonyl (C=O) groups is 1. The van der Waals surface area contributed by atoms with E-state index in [0.29, 0.717) is 14.9 Å². The second kappa shape index (κ2) is 7.77. The standard InChI is InChI=1S/C18H15IO6S/c19-16-11-15(6-7-17(16)26(21,22)23)24-8-9-25-18(20)14-5-4-12-2-1-3-13(12)10-14/h1-2,4-7,10-11H,3,8-9H2,(H,21,22,23). The molecule has 0 heterocycles. The molecule has 0 spiro atoms. The van der Waals surface area contributed by atoms with Gasteiger partial charge < -0.3 is 9.47 Å². The van der Waals surface area contributed by atoms with Gasteiger partial charge in [-0.15, -0.1) is 0 Å². The molecule has 0 aromatic heterocycles. The Hall–Kier alpha value is -1.91. The zero-order chi connectivity index (χ0) is 18.7. The van der Waals surface area contributed by atoms with Crippen molar-refractivity contribution in [2.45, 2.75) is 11.3 Å². The fourth-order valence-corrected chi connectivity index (χ4v) is 4.41. The molecule has 1 aliphatic rings. The van der Waals surface area contributed by atoms with E-state index in [1.165, 1.54) is 18.2 Å². The summed E-state index contributed by atoms with van der Waals surface area (Å²) >= 11 is 1.80. The van der Waals surface area contributed by atoms with Gasteiger partial charge in [-0.05, 0) is 70.5 Å². The van der Waals surface area contributed by atoms with Crippen molar-refractivity contribution in [3.05, 3.63) is 62.7 Å². The van der Waals surface area contributed by atoms with Gasteiger partial charge in [0.1, 0.15) is 23.9 Å². The third kappa shape index (κ3) is 4.43. The van der Waals surface area contributed by atoms with Crippen LogP contribution in [0.3, 0.4) is 0 Å². The predicted octanol–water partition coefficient (Wildman–Crippen LogP) is 3.34. The van der Waals surface area contributed by atoms with Crippen LogP contribution in [0.4, 0.5) is 0 Å². The van der Waals surface area contributed by atoms with Crippen molar-refractivity contribution < 1.29 is 27.2 Å². The van der Waals surface area contributed by atoms with Crippen LogP contribution in [0, 0.1) is 3.57 Å². The molecule has 6 nitrogen and oxygen atoms in total. The van der Waals surface area contributed by atoms with Gasteiger partial charge in [0, 0.05) is 3.57 Å². The summed E-state index contributed by atoms with van der Waals surface area (Å²) in [5, 5.41) is 0. The van der Waals surface area contributed by atoms with E-state index in [1.807, 2.05) is 24.3 Å². The van der Waals surface area contributed by atoms with Crippen LogP contribution in [0.2, 0.25) is 0 Å². The predicted molar refractivity (Wildman–Crippen MR) is 104 cm³/mol. The Bertz CT molecular complexity index is 981. The molecule has 0 atom stereocenters. The molecule has 136 valence electrons. The average molecular weight is 486 g/mol. The first-order chi connectivity index (χ1) is 12.3. The van der Waals surface area contributed by atoms with E-state index in [9.17, 15) is 13.2 Å². The lowest BCUT2D eigenvalue weighted by molar-refractivity contribution is 0.0450. The van der Waals surface area contributed by atoms with E-state index in [-0.39, 0.29) is 18.1 Å². The lowest BCUT2D eigenvalue weighted by Gasteiger charge is -2.09. The number of hydrogen-bond donors (Lipinski definition) is 1. The van der Waals surface area contributed by atoms with Crippen LogP contribution < -0.4 is 4.74 Å². The second-order valence-electron chi connectivity index (χ2n) is 5.57. The Labute approximate surface area is 164 Å². The van der Waals surface area contributed by atoms with Gasteiger partial charge >= 0.3 is 5.97 Å². The van der Waals surface area contributed by atoms with Gasteiger partial charge in [-0.3, -0.25) is 4.55 Å². The number of halogens is 1. The van der Waals surface area contributed by atoms with Crippen LogP contribution in [-0.4, -0.2) is 32.2 Å². The Kier molecular flexibility index (Phi) is 5.64. The average Bonchev–Trinajstić information content (AvgIpc) is 3.05. The molecule has 0 saturated heterocycles. The fraction of sp³-hybridized carbons (Fsp3) is 0.167. The van der Waals surface area contributed by atoms with Gasteiger partial charge in [0.25, 0.3) is 10.1 Å². The Morgan fingerprint density at radius 2 is 1.96 bits per heavy atom. The van der Waals surface area contributed by atoms with Gasteiger partial charge in [0.2, 0.25) is 0 Å². The summed E-state index contributed by atoms with van der Waals surface area (Å²) in [6.07, 6.45) is 4.88. The van der Waals surface area contributed by atoms with Crippen molar-refractivity contribution in [2.75, 3.05) is 13.2 Å². The molecular formula is C18H15IO6S. The molecule has 0 saturated carbocycles. The molecule has 2 aromatic rings. The highest BCUT2D eigenvalue weighted by atomic mass is 127. The number of esters is 1. The lowest BCUT2D eigenvalue weighted by Crippen LogP contribution is -2.13. The topological polar surface area (TPSA) is 89.9 Å². The molecule has 0 unspecified atom stereocenters. The van der Waals surface area contributed by atoms with Crippen LogP contribution in [0.25, 0.3) is 6.08 Å². The minimum absolute atomic E-state index is 0.0603. The Balaban J connectivity index is 1.51. The molecule has 2 aromatic carbocycles. The summed E-state index contributed by atoms with van der Waals surface area (Å²) in [5.41, 5.74) is 2.72. The first kappa shape index (κ1) is 18.9. The van der Waals surface area contributed by atoms with Crippen molar-refractivity contribution in [1.29, 1.82) is 0 Å². The number of hydrogen-bond acceptors (Lipinski definition) is 5. The van der Waals surface area contributed by atoms with E-state index in [1.54, 1.807) is 28.7 Å². The van der Waals surface area contributed by atoms with E-state index >= 15 is 0 Å². The minimum Gasteiger partial charge on any atom is -0.490 e. The molecule has 0 amide bonds. The summed E-state index contributed by atoms with van der Waals surface area (Å²) in [5.74, 6) is 0.000978. The quantitative estimate of drug-likeness (QED) is 0.292. The zero-order valence-corrected chi connectivity index (χ0v) is 16.5. The first-order valence-electron chi connectivity index (χ1n) is 7.71. The first-order valence-corrected chi connectivity index (χ1v) is 10.2. The lowest BCUT2D eigenvalue weighted by atomic mass is 10.1. The van der Waals surface area contributed by atoms with Crippen LogP contribution in [0.1, 0.15) is 21.5 Å². The van der Waals surface area contributed by atoms with Crippen molar-refractivity contribution in [1.82, 2.24) is 0 Å². The number of fused-ring (bicyclic) bond motifs is 1. The van der Waals surface area contributed by atoms with Crippen molar-refractivity contribution >= 4 is 44.8 Å². The van der Waals surface area contributed by atoms with E-state index in [0.717, 1.165) is 17.5 Å². The molecule has 0 aliphatic heterocycles. The summed E-state index contributed by atoms with van der Waals surface area (Å²) in [7, 11) is -4.26. The minimum atomic E-state index is -4.26. The van der Waals surface area contributed by atoms with Crippen LogP contribution in [0.15, 0.2) is 47.4 Å². The molecule has 0 bridgehead atoms. The molecule has 0 fully saturated rings. The van der Waals surface area contributed by atoms with Gasteiger partial charge in [-0.25, -0.2) is 4.79 Å². The maximum absolute atomic E-state index is 12.1. The number of carbonyl (C=O) groups excluding carboxylic acids is 1. The third-order valence-electron chi connectivity index (χ3n) is 3.78.